The molecule has 0 bridgehead atoms. The Morgan fingerprint density at radius 3 is 2.75 bits per heavy atom. The van der Waals surface area contributed by atoms with Crippen molar-refractivity contribution in [1.29, 1.82) is 0 Å². The lowest BCUT2D eigenvalue weighted by atomic mass is 10.2. The second kappa shape index (κ2) is 6.99. The average Bonchev–Trinajstić information content (AvgIpc) is 2.61. The smallest absolute Gasteiger partial charge is 0.0897 e. The highest BCUT2D eigenvalue weighted by molar-refractivity contribution is 7.09. The van der Waals surface area contributed by atoms with E-state index in [-0.39, 0.29) is 0 Å². The van der Waals surface area contributed by atoms with Gasteiger partial charge in [-0.15, -0.1) is 11.3 Å². The van der Waals surface area contributed by atoms with E-state index in [9.17, 15) is 0 Å². The van der Waals surface area contributed by atoms with E-state index >= 15 is 0 Å². The summed E-state index contributed by atoms with van der Waals surface area (Å²) in [5.41, 5.74) is 1.17. The number of nitrogens with zero attached hydrogens (tertiary/aromatic N) is 1. The standard InChI is InChI=1S/C12H22N2OS/c1-5-13-11(7-15-9(2)3)6-12-8-16-10(4)14-12/h8-9,11,13H,5-7H2,1-4H3. The van der Waals surface area contributed by atoms with E-state index in [1.807, 2.05) is 6.92 Å². The maximum atomic E-state index is 5.65. The molecule has 0 aliphatic rings. The zero-order chi connectivity index (χ0) is 12.0. The van der Waals surface area contributed by atoms with Crippen molar-refractivity contribution in [2.45, 2.75) is 46.3 Å². The summed E-state index contributed by atoms with van der Waals surface area (Å²) >= 11 is 1.71. The second-order valence-corrected chi connectivity index (χ2v) is 5.26. The van der Waals surface area contributed by atoms with Gasteiger partial charge < -0.3 is 10.1 Å². The Labute approximate surface area is 102 Å². The Kier molecular flexibility index (Phi) is 5.95. The summed E-state index contributed by atoms with van der Waals surface area (Å²) in [5.74, 6) is 0. The van der Waals surface area contributed by atoms with Crippen LogP contribution in [0.1, 0.15) is 31.5 Å². The van der Waals surface area contributed by atoms with Gasteiger partial charge >= 0.3 is 0 Å². The van der Waals surface area contributed by atoms with Crippen LogP contribution in [-0.2, 0) is 11.2 Å². The number of hydrogen-bond donors (Lipinski definition) is 1. The number of hydrogen-bond acceptors (Lipinski definition) is 4. The predicted molar refractivity (Wildman–Crippen MR) is 69.1 cm³/mol. The largest absolute Gasteiger partial charge is 0.377 e. The minimum atomic E-state index is 0.290. The molecule has 16 heavy (non-hydrogen) atoms. The fraction of sp³-hybridized carbons (Fsp3) is 0.750. The minimum Gasteiger partial charge on any atom is -0.377 e. The van der Waals surface area contributed by atoms with Crippen molar-refractivity contribution in [2.75, 3.05) is 13.2 Å². The average molecular weight is 242 g/mol. The van der Waals surface area contributed by atoms with Gasteiger partial charge in [-0.3, -0.25) is 0 Å². The van der Waals surface area contributed by atoms with Crippen molar-refractivity contribution in [3.8, 4) is 0 Å². The molecule has 0 aromatic carbocycles. The highest BCUT2D eigenvalue weighted by atomic mass is 32.1. The van der Waals surface area contributed by atoms with Crippen LogP contribution >= 0.6 is 11.3 Å². The van der Waals surface area contributed by atoms with E-state index in [4.69, 9.17) is 4.74 Å². The molecule has 1 atom stereocenters. The van der Waals surface area contributed by atoms with Gasteiger partial charge in [-0.1, -0.05) is 6.92 Å². The number of ether oxygens (including phenoxy) is 1. The molecule has 0 spiro atoms. The quantitative estimate of drug-likeness (QED) is 0.797. The fourth-order valence-electron chi connectivity index (χ4n) is 1.54. The Balaban J connectivity index is 2.43. The summed E-state index contributed by atoms with van der Waals surface area (Å²) in [4.78, 5) is 4.48. The predicted octanol–water partition coefficient (Wildman–Crippen LogP) is 2.40. The van der Waals surface area contributed by atoms with Crippen molar-refractivity contribution >= 4 is 11.3 Å². The Morgan fingerprint density at radius 2 is 2.25 bits per heavy atom. The van der Waals surface area contributed by atoms with Crippen LogP contribution in [0.15, 0.2) is 5.38 Å². The molecule has 0 radical (unpaired) electrons. The molecule has 0 aliphatic carbocycles. The van der Waals surface area contributed by atoms with Crippen LogP contribution in [0, 0.1) is 6.92 Å². The lowest BCUT2D eigenvalue weighted by Crippen LogP contribution is -2.36. The molecule has 0 saturated carbocycles. The van der Waals surface area contributed by atoms with E-state index in [1.54, 1.807) is 11.3 Å². The summed E-state index contributed by atoms with van der Waals surface area (Å²) in [6, 6.07) is 0.369. The van der Waals surface area contributed by atoms with Crippen LogP contribution in [0.2, 0.25) is 0 Å². The molecule has 1 aromatic heterocycles. The summed E-state index contributed by atoms with van der Waals surface area (Å²) in [5, 5.41) is 6.70. The normalized spacial score (nSPS) is 13.3. The van der Waals surface area contributed by atoms with Gasteiger partial charge in [0.05, 0.1) is 23.4 Å². The van der Waals surface area contributed by atoms with Crippen LogP contribution < -0.4 is 5.32 Å². The van der Waals surface area contributed by atoms with Gasteiger partial charge in [-0.05, 0) is 27.3 Å². The zero-order valence-electron chi connectivity index (χ0n) is 10.6. The first-order chi connectivity index (χ1) is 7.61. The highest BCUT2D eigenvalue weighted by Crippen LogP contribution is 2.10. The summed E-state index contributed by atoms with van der Waals surface area (Å²) < 4.78 is 5.65. The van der Waals surface area contributed by atoms with Crippen LogP contribution in [0.25, 0.3) is 0 Å². The Bertz CT molecular complexity index is 299. The zero-order valence-corrected chi connectivity index (χ0v) is 11.4. The maximum Gasteiger partial charge on any atom is 0.0897 e. The SMILES string of the molecule is CCNC(COC(C)C)Cc1csc(C)n1. The molecule has 4 heteroatoms. The first-order valence-electron chi connectivity index (χ1n) is 5.87. The van der Waals surface area contributed by atoms with E-state index in [0.717, 1.165) is 24.6 Å². The van der Waals surface area contributed by atoms with Crippen molar-refractivity contribution in [3.05, 3.63) is 16.1 Å². The Morgan fingerprint density at radius 1 is 1.50 bits per heavy atom. The molecule has 0 aliphatic heterocycles. The van der Waals surface area contributed by atoms with Crippen molar-refractivity contribution < 1.29 is 4.74 Å². The second-order valence-electron chi connectivity index (χ2n) is 4.20. The van der Waals surface area contributed by atoms with Crippen LogP contribution in [0.4, 0.5) is 0 Å². The van der Waals surface area contributed by atoms with Crippen LogP contribution in [0.3, 0.4) is 0 Å². The summed E-state index contributed by atoms with van der Waals surface area (Å²) in [6.07, 6.45) is 1.24. The summed E-state index contributed by atoms with van der Waals surface area (Å²) in [7, 11) is 0. The van der Waals surface area contributed by atoms with E-state index in [0.29, 0.717) is 12.1 Å². The van der Waals surface area contributed by atoms with E-state index in [2.05, 4.69) is 36.5 Å². The van der Waals surface area contributed by atoms with E-state index in [1.165, 1.54) is 5.69 Å². The molecule has 1 N–H and O–H groups in total. The lowest BCUT2D eigenvalue weighted by Gasteiger charge is -2.18. The molecule has 1 unspecified atom stereocenters. The van der Waals surface area contributed by atoms with Gasteiger partial charge in [0, 0.05) is 17.8 Å². The number of thiazole rings is 1. The first-order valence-corrected chi connectivity index (χ1v) is 6.75. The number of rotatable bonds is 7. The van der Waals surface area contributed by atoms with Crippen LogP contribution in [0.5, 0.6) is 0 Å². The van der Waals surface area contributed by atoms with E-state index < -0.39 is 0 Å². The van der Waals surface area contributed by atoms with Gasteiger partial charge in [0.2, 0.25) is 0 Å². The molecule has 0 fully saturated rings. The van der Waals surface area contributed by atoms with Crippen molar-refractivity contribution in [2.24, 2.45) is 0 Å². The van der Waals surface area contributed by atoms with Gasteiger partial charge in [-0.25, -0.2) is 4.98 Å². The van der Waals surface area contributed by atoms with Gasteiger partial charge in [0.15, 0.2) is 0 Å². The van der Waals surface area contributed by atoms with Gasteiger partial charge in [-0.2, -0.15) is 0 Å². The molecule has 3 nitrogen and oxygen atoms in total. The highest BCUT2D eigenvalue weighted by Gasteiger charge is 2.11. The number of aromatic nitrogens is 1. The molecule has 0 amide bonds. The van der Waals surface area contributed by atoms with Crippen molar-refractivity contribution in [1.82, 2.24) is 10.3 Å². The van der Waals surface area contributed by atoms with Crippen molar-refractivity contribution in [3.63, 3.8) is 0 Å². The molecule has 1 heterocycles. The molecular formula is C12H22N2OS. The number of likely N-dealkylation sites (N-methyl/N-ethyl adjacent to an activating group) is 1. The Hall–Kier alpha value is -0.450. The topological polar surface area (TPSA) is 34.1 Å². The van der Waals surface area contributed by atoms with Gasteiger partial charge in [0.1, 0.15) is 0 Å². The molecule has 92 valence electrons. The third-order valence-corrected chi connectivity index (χ3v) is 3.07. The van der Waals surface area contributed by atoms with Gasteiger partial charge in [0.25, 0.3) is 0 Å². The third kappa shape index (κ3) is 5.05. The lowest BCUT2D eigenvalue weighted by molar-refractivity contribution is 0.0614. The third-order valence-electron chi connectivity index (χ3n) is 2.25. The minimum absolute atomic E-state index is 0.290. The monoisotopic (exact) mass is 242 g/mol. The molecule has 1 aromatic rings. The summed E-state index contributed by atoms with van der Waals surface area (Å²) in [6.45, 7) is 10.0. The number of aryl methyl sites for hydroxylation is 1. The van der Waals surface area contributed by atoms with Crippen LogP contribution in [-0.4, -0.2) is 30.3 Å². The fourth-order valence-corrected chi connectivity index (χ4v) is 2.17. The maximum absolute atomic E-state index is 5.65. The molecule has 1 rings (SSSR count). The number of nitrogens with one attached hydrogen (secondary N) is 1. The molecule has 0 saturated heterocycles. The first kappa shape index (κ1) is 13.6. The molecular weight excluding hydrogens is 220 g/mol.